The molecular weight excluding hydrogens is 214 g/mol. The number of benzene rings is 1. The van der Waals surface area contributed by atoms with Crippen LogP contribution >= 0.6 is 0 Å². The smallest absolute Gasteiger partial charge is 0.213 e. The predicted molar refractivity (Wildman–Crippen MR) is 58.7 cm³/mol. The molecule has 0 unspecified atom stereocenters. The first-order chi connectivity index (χ1) is 6.92. The second-order valence-corrected chi connectivity index (χ2v) is 5.04. The Hall–Kier alpha value is -0.910. The highest BCUT2D eigenvalue weighted by Gasteiger charge is 2.06. The Bertz CT molecular complexity index is 411. The first-order valence-corrected chi connectivity index (χ1v) is 6.26. The summed E-state index contributed by atoms with van der Waals surface area (Å²) in [4.78, 5) is 0. The van der Waals surface area contributed by atoms with Crippen molar-refractivity contribution in [3.8, 4) is 0 Å². The van der Waals surface area contributed by atoms with Crippen LogP contribution in [0.5, 0.6) is 0 Å². The van der Waals surface area contributed by atoms with E-state index in [9.17, 15) is 8.42 Å². The molecule has 15 heavy (non-hydrogen) atoms. The lowest BCUT2D eigenvalue weighted by atomic mass is 10.1. The fourth-order valence-corrected chi connectivity index (χ4v) is 1.91. The molecule has 4 nitrogen and oxygen atoms in total. The van der Waals surface area contributed by atoms with E-state index >= 15 is 0 Å². The van der Waals surface area contributed by atoms with Gasteiger partial charge in [-0.1, -0.05) is 24.3 Å². The summed E-state index contributed by atoms with van der Waals surface area (Å²) in [5.74, 6) is -0.130. The van der Waals surface area contributed by atoms with Gasteiger partial charge in [-0.25, -0.2) is 13.6 Å². The number of methoxy groups -OCH3 is 1. The second kappa shape index (κ2) is 4.74. The minimum absolute atomic E-state index is 0.00790. The number of hydrogen-bond acceptors (Lipinski definition) is 3. The van der Waals surface area contributed by atoms with Crippen LogP contribution in [-0.4, -0.2) is 15.5 Å². The van der Waals surface area contributed by atoms with Crippen LogP contribution in [0.25, 0.3) is 0 Å². The minimum Gasteiger partial charge on any atom is -0.377 e. The highest BCUT2D eigenvalue weighted by atomic mass is 32.2. The summed E-state index contributed by atoms with van der Waals surface area (Å²) in [5, 5.41) is 4.94. The Kier molecular flexibility index (Phi) is 3.84. The molecule has 1 aromatic carbocycles. The second-order valence-electron chi connectivity index (χ2n) is 3.43. The van der Waals surface area contributed by atoms with Gasteiger partial charge in [-0.15, -0.1) is 0 Å². The lowest BCUT2D eigenvalue weighted by Gasteiger charge is -2.09. The normalized spacial score (nSPS) is 13.8. The van der Waals surface area contributed by atoms with Crippen molar-refractivity contribution in [2.24, 2.45) is 5.14 Å². The Morgan fingerprint density at radius 2 is 1.87 bits per heavy atom. The molecule has 0 saturated carbocycles. The van der Waals surface area contributed by atoms with E-state index in [1.165, 1.54) is 0 Å². The molecule has 5 heteroatoms. The van der Waals surface area contributed by atoms with Crippen molar-refractivity contribution in [2.75, 3.05) is 7.11 Å². The minimum atomic E-state index is -3.45. The molecule has 0 radical (unpaired) electrons. The lowest BCUT2D eigenvalue weighted by molar-refractivity contribution is 0.119. The lowest BCUT2D eigenvalue weighted by Crippen LogP contribution is -2.14. The average Bonchev–Trinajstić information content (AvgIpc) is 2.15. The fourth-order valence-electron chi connectivity index (χ4n) is 1.25. The molecule has 84 valence electrons. The van der Waals surface area contributed by atoms with Crippen molar-refractivity contribution in [3.63, 3.8) is 0 Å². The molecular formula is C10H15NO3S. The van der Waals surface area contributed by atoms with Crippen LogP contribution in [0.1, 0.15) is 24.2 Å². The Labute approximate surface area is 90.1 Å². The van der Waals surface area contributed by atoms with Gasteiger partial charge in [0, 0.05) is 7.11 Å². The van der Waals surface area contributed by atoms with E-state index in [1.807, 2.05) is 19.1 Å². The van der Waals surface area contributed by atoms with Crippen LogP contribution in [-0.2, 0) is 20.5 Å². The molecule has 0 fully saturated rings. The summed E-state index contributed by atoms with van der Waals surface area (Å²) < 4.78 is 26.8. The molecule has 0 aliphatic rings. The summed E-state index contributed by atoms with van der Waals surface area (Å²) in [6.45, 7) is 1.93. The maximum atomic E-state index is 10.8. The van der Waals surface area contributed by atoms with Gasteiger partial charge < -0.3 is 4.74 Å². The van der Waals surface area contributed by atoms with Gasteiger partial charge in [-0.2, -0.15) is 0 Å². The molecule has 1 rings (SSSR count). The number of rotatable bonds is 4. The topological polar surface area (TPSA) is 69.4 Å². The largest absolute Gasteiger partial charge is 0.377 e. The molecule has 0 amide bonds. The SMILES string of the molecule is CO[C@@H](C)c1ccc(CS(N)(=O)=O)cc1. The number of sulfonamides is 1. The van der Waals surface area contributed by atoms with E-state index in [2.05, 4.69) is 0 Å². The Morgan fingerprint density at radius 1 is 1.33 bits per heavy atom. The molecule has 0 aliphatic heterocycles. The third-order valence-electron chi connectivity index (χ3n) is 2.17. The van der Waals surface area contributed by atoms with E-state index in [0.29, 0.717) is 5.56 Å². The molecule has 0 spiro atoms. The van der Waals surface area contributed by atoms with Gasteiger partial charge in [-0.3, -0.25) is 0 Å². The zero-order valence-corrected chi connectivity index (χ0v) is 9.62. The van der Waals surface area contributed by atoms with E-state index in [1.54, 1.807) is 19.2 Å². The van der Waals surface area contributed by atoms with Gasteiger partial charge in [0.2, 0.25) is 10.0 Å². The quantitative estimate of drug-likeness (QED) is 0.843. The number of nitrogens with two attached hydrogens (primary N) is 1. The number of primary sulfonamides is 1. The molecule has 0 bridgehead atoms. The van der Waals surface area contributed by atoms with Gasteiger partial charge in [0.1, 0.15) is 0 Å². The standard InChI is InChI=1S/C10H15NO3S/c1-8(14-2)10-5-3-9(4-6-10)7-15(11,12)13/h3-6,8H,7H2,1-2H3,(H2,11,12,13)/t8-/m0/s1. The van der Waals surface area contributed by atoms with E-state index in [-0.39, 0.29) is 11.9 Å². The van der Waals surface area contributed by atoms with Crippen molar-refractivity contribution in [2.45, 2.75) is 18.8 Å². The molecule has 2 N–H and O–H groups in total. The third-order valence-corrected chi connectivity index (χ3v) is 2.91. The molecule has 1 atom stereocenters. The van der Waals surface area contributed by atoms with Gasteiger partial charge in [-0.05, 0) is 18.1 Å². The highest BCUT2D eigenvalue weighted by Crippen LogP contribution is 2.16. The molecule has 0 aliphatic carbocycles. The maximum Gasteiger partial charge on any atom is 0.213 e. The van der Waals surface area contributed by atoms with Crippen molar-refractivity contribution in [1.29, 1.82) is 0 Å². The average molecular weight is 229 g/mol. The molecule has 0 aromatic heterocycles. The van der Waals surface area contributed by atoms with Crippen molar-refractivity contribution < 1.29 is 13.2 Å². The van der Waals surface area contributed by atoms with Crippen LogP contribution in [0, 0.1) is 0 Å². The monoisotopic (exact) mass is 229 g/mol. The summed E-state index contributed by atoms with van der Waals surface area (Å²) in [6, 6.07) is 7.17. The van der Waals surface area contributed by atoms with E-state index in [4.69, 9.17) is 9.88 Å². The van der Waals surface area contributed by atoms with Crippen molar-refractivity contribution in [1.82, 2.24) is 0 Å². The van der Waals surface area contributed by atoms with Crippen molar-refractivity contribution >= 4 is 10.0 Å². The van der Waals surface area contributed by atoms with E-state index in [0.717, 1.165) is 5.56 Å². The maximum absolute atomic E-state index is 10.8. The summed E-state index contributed by atoms with van der Waals surface area (Å²) in [6.07, 6.45) is 0.00790. The molecule has 0 saturated heterocycles. The van der Waals surface area contributed by atoms with Gasteiger partial charge >= 0.3 is 0 Å². The fraction of sp³-hybridized carbons (Fsp3) is 0.400. The van der Waals surface area contributed by atoms with Crippen LogP contribution < -0.4 is 5.14 Å². The van der Waals surface area contributed by atoms with Crippen molar-refractivity contribution in [3.05, 3.63) is 35.4 Å². The predicted octanol–water partition coefficient (Wildman–Crippen LogP) is 1.18. The summed E-state index contributed by atoms with van der Waals surface area (Å²) in [7, 11) is -1.82. The highest BCUT2D eigenvalue weighted by molar-refractivity contribution is 7.88. The number of hydrogen-bond donors (Lipinski definition) is 1. The van der Waals surface area contributed by atoms with Gasteiger partial charge in [0.15, 0.2) is 0 Å². The Morgan fingerprint density at radius 3 is 2.27 bits per heavy atom. The zero-order chi connectivity index (χ0) is 11.5. The molecule has 1 aromatic rings. The number of ether oxygens (including phenoxy) is 1. The van der Waals surface area contributed by atoms with Gasteiger partial charge in [0.05, 0.1) is 11.9 Å². The first-order valence-electron chi connectivity index (χ1n) is 4.54. The zero-order valence-electron chi connectivity index (χ0n) is 8.80. The summed E-state index contributed by atoms with van der Waals surface area (Å²) in [5.41, 5.74) is 1.69. The third kappa shape index (κ3) is 3.99. The molecule has 0 heterocycles. The Balaban J connectivity index is 2.81. The summed E-state index contributed by atoms with van der Waals surface area (Å²) >= 11 is 0. The first kappa shape index (κ1) is 12.2. The van der Waals surface area contributed by atoms with Crippen LogP contribution in [0.2, 0.25) is 0 Å². The van der Waals surface area contributed by atoms with Gasteiger partial charge in [0.25, 0.3) is 0 Å². The van der Waals surface area contributed by atoms with E-state index < -0.39 is 10.0 Å². The van der Waals surface area contributed by atoms with Crippen LogP contribution in [0.4, 0.5) is 0 Å². The van der Waals surface area contributed by atoms with Crippen LogP contribution in [0.3, 0.4) is 0 Å². The van der Waals surface area contributed by atoms with Crippen LogP contribution in [0.15, 0.2) is 24.3 Å².